The fourth-order valence-electron chi connectivity index (χ4n) is 2.87. The van der Waals surface area contributed by atoms with Gasteiger partial charge in [0.2, 0.25) is 0 Å². The molecule has 1 unspecified atom stereocenters. The molecular weight excluding hydrogens is 251 g/mol. The topological polar surface area (TPSA) is 20.2 Å². The third kappa shape index (κ3) is 2.55. The zero-order valence-electron chi connectivity index (χ0n) is 11.0. The van der Waals surface area contributed by atoms with E-state index < -0.39 is 11.4 Å². The van der Waals surface area contributed by atoms with Crippen LogP contribution >= 0.6 is 11.6 Å². The molecule has 1 aromatic rings. The van der Waals surface area contributed by atoms with Crippen molar-refractivity contribution in [2.75, 3.05) is 0 Å². The van der Waals surface area contributed by atoms with Crippen LogP contribution in [-0.4, -0.2) is 10.7 Å². The molecule has 0 heterocycles. The first-order valence-electron chi connectivity index (χ1n) is 6.50. The Morgan fingerprint density at radius 1 is 1.28 bits per heavy atom. The van der Waals surface area contributed by atoms with Crippen LogP contribution in [0, 0.1) is 11.2 Å². The van der Waals surface area contributed by atoms with Crippen molar-refractivity contribution in [1.82, 2.24) is 0 Å². The molecule has 1 aromatic carbocycles. The molecule has 2 rings (SSSR count). The lowest BCUT2D eigenvalue weighted by Crippen LogP contribution is -2.48. The molecule has 0 bridgehead atoms. The SMILES string of the molecule is CC1(C)CCCCC1(O)Cc1ccc(F)c(Cl)c1. The number of benzene rings is 1. The van der Waals surface area contributed by atoms with Crippen molar-refractivity contribution in [3.05, 3.63) is 34.6 Å². The Balaban J connectivity index is 2.23. The van der Waals surface area contributed by atoms with Crippen LogP contribution in [0.2, 0.25) is 5.02 Å². The van der Waals surface area contributed by atoms with Crippen LogP contribution in [0.25, 0.3) is 0 Å². The van der Waals surface area contributed by atoms with E-state index in [1.807, 2.05) is 0 Å². The molecule has 18 heavy (non-hydrogen) atoms. The first-order chi connectivity index (χ1) is 8.34. The van der Waals surface area contributed by atoms with E-state index in [2.05, 4.69) is 13.8 Å². The van der Waals surface area contributed by atoms with E-state index in [1.165, 1.54) is 12.5 Å². The second-order valence-electron chi connectivity index (χ2n) is 6.05. The van der Waals surface area contributed by atoms with Crippen LogP contribution in [0.15, 0.2) is 18.2 Å². The number of halogens is 2. The molecule has 3 heteroatoms. The van der Waals surface area contributed by atoms with Crippen LogP contribution in [0.4, 0.5) is 4.39 Å². The average Bonchev–Trinajstić information content (AvgIpc) is 2.28. The molecule has 0 radical (unpaired) electrons. The molecule has 1 fully saturated rings. The van der Waals surface area contributed by atoms with Gasteiger partial charge in [-0.3, -0.25) is 0 Å². The maximum atomic E-state index is 13.1. The maximum Gasteiger partial charge on any atom is 0.141 e. The summed E-state index contributed by atoms with van der Waals surface area (Å²) < 4.78 is 13.1. The molecule has 0 spiro atoms. The molecule has 1 atom stereocenters. The van der Waals surface area contributed by atoms with Gasteiger partial charge in [0, 0.05) is 6.42 Å². The third-order valence-electron chi connectivity index (χ3n) is 4.38. The van der Waals surface area contributed by atoms with Gasteiger partial charge in [-0.05, 0) is 36.0 Å². The summed E-state index contributed by atoms with van der Waals surface area (Å²) in [5.41, 5.74) is 0.0808. The predicted molar refractivity (Wildman–Crippen MR) is 72.3 cm³/mol. The summed E-state index contributed by atoms with van der Waals surface area (Å²) in [6.45, 7) is 4.22. The molecule has 1 aliphatic rings. The van der Waals surface area contributed by atoms with E-state index in [0.29, 0.717) is 6.42 Å². The van der Waals surface area contributed by atoms with E-state index in [0.717, 1.165) is 24.8 Å². The molecule has 0 aromatic heterocycles. The highest BCUT2D eigenvalue weighted by molar-refractivity contribution is 6.30. The van der Waals surface area contributed by atoms with Gasteiger partial charge in [-0.25, -0.2) is 4.39 Å². The van der Waals surface area contributed by atoms with Gasteiger partial charge >= 0.3 is 0 Å². The summed E-state index contributed by atoms with van der Waals surface area (Å²) in [5, 5.41) is 11.0. The molecule has 0 amide bonds. The van der Waals surface area contributed by atoms with E-state index >= 15 is 0 Å². The fraction of sp³-hybridized carbons (Fsp3) is 0.600. The van der Waals surface area contributed by atoms with Crippen LogP contribution in [0.3, 0.4) is 0 Å². The number of hydrogen-bond donors (Lipinski definition) is 1. The standard InChI is InChI=1S/C15H20ClFO/c1-14(2)7-3-4-8-15(14,18)10-11-5-6-13(17)12(16)9-11/h5-6,9,18H,3-4,7-8,10H2,1-2H3. The molecule has 0 aliphatic heterocycles. The van der Waals surface area contributed by atoms with Gasteiger partial charge in [0.1, 0.15) is 5.82 Å². The van der Waals surface area contributed by atoms with Crippen molar-refractivity contribution in [2.24, 2.45) is 5.41 Å². The summed E-state index contributed by atoms with van der Waals surface area (Å²) in [4.78, 5) is 0. The lowest BCUT2D eigenvalue weighted by Gasteiger charge is -2.46. The van der Waals surface area contributed by atoms with Gasteiger partial charge in [-0.15, -0.1) is 0 Å². The average molecular weight is 271 g/mol. The lowest BCUT2D eigenvalue weighted by atomic mass is 9.63. The zero-order chi connectivity index (χ0) is 13.4. The molecule has 1 N–H and O–H groups in total. The smallest absolute Gasteiger partial charge is 0.141 e. The Morgan fingerprint density at radius 3 is 2.56 bits per heavy atom. The van der Waals surface area contributed by atoms with Crippen LogP contribution in [-0.2, 0) is 6.42 Å². The second-order valence-corrected chi connectivity index (χ2v) is 6.46. The van der Waals surface area contributed by atoms with E-state index in [1.54, 1.807) is 12.1 Å². The largest absolute Gasteiger partial charge is 0.389 e. The van der Waals surface area contributed by atoms with Crippen molar-refractivity contribution < 1.29 is 9.50 Å². The Kier molecular flexibility index (Phi) is 3.70. The van der Waals surface area contributed by atoms with Gasteiger partial charge < -0.3 is 5.11 Å². The van der Waals surface area contributed by atoms with Crippen molar-refractivity contribution in [3.63, 3.8) is 0 Å². The highest BCUT2D eigenvalue weighted by Crippen LogP contribution is 2.45. The second kappa shape index (κ2) is 4.82. The Bertz CT molecular complexity index is 444. The minimum absolute atomic E-state index is 0.105. The van der Waals surface area contributed by atoms with Gasteiger partial charge in [-0.1, -0.05) is 44.4 Å². The normalized spacial score (nSPS) is 27.2. The van der Waals surface area contributed by atoms with Crippen molar-refractivity contribution in [1.29, 1.82) is 0 Å². The summed E-state index contributed by atoms with van der Waals surface area (Å²) in [5.74, 6) is -0.407. The highest BCUT2D eigenvalue weighted by Gasteiger charge is 2.44. The maximum absolute atomic E-state index is 13.1. The number of hydrogen-bond acceptors (Lipinski definition) is 1. The van der Waals surface area contributed by atoms with E-state index in [4.69, 9.17) is 11.6 Å². The van der Waals surface area contributed by atoms with Crippen molar-refractivity contribution in [3.8, 4) is 0 Å². The molecular formula is C15H20ClFO. The van der Waals surface area contributed by atoms with Crippen LogP contribution in [0.5, 0.6) is 0 Å². The van der Waals surface area contributed by atoms with Gasteiger partial charge in [0.05, 0.1) is 10.6 Å². The molecule has 1 nitrogen and oxygen atoms in total. The van der Waals surface area contributed by atoms with E-state index in [-0.39, 0.29) is 10.4 Å². The monoisotopic (exact) mass is 270 g/mol. The quantitative estimate of drug-likeness (QED) is 0.847. The molecule has 0 saturated heterocycles. The van der Waals surface area contributed by atoms with Gasteiger partial charge in [0.25, 0.3) is 0 Å². The summed E-state index contributed by atoms with van der Waals surface area (Å²) >= 11 is 5.79. The summed E-state index contributed by atoms with van der Waals surface area (Å²) in [6, 6.07) is 4.71. The first-order valence-corrected chi connectivity index (χ1v) is 6.88. The Morgan fingerprint density at radius 2 is 1.94 bits per heavy atom. The van der Waals surface area contributed by atoms with Crippen LogP contribution in [0.1, 0.15) is 45.1 Å². The molecule has 1 aliphatic carbocycles. The molecule has 100 valence electrons. The minimum Gasteiger partial charge on any atom is -0.389 e. The first kappa shape index (κ1) is 13.8. The minimum atomic E-state index is -0.716. The number of aliphatic hydroxyl groups is 1. The third-order valence-corrected chi connectivity index (χ3v) is 4.67. The van der Waals surface area contributed by atoms with Crippen LogP contribution < -0.4 is 0 Å². The van der Waals surface area contributed by atoms with Gasteiger partial charge in [-0.2, -0.15) is 0 Å². The van der Waals surface area contributed by atoms with Crippen molar-refractivity contribution >= 4 is 11.6 Å². The zero-order valence-corrected chi connectivity index (χ0v) is 11.7. The van der Waals surface area contributed by atoms with Crippen molar-refractivity contribution in [2.45, 2.75) is 51.6 Å². The molecule has 1 saturated carbocycles. The Hall–Kier alpha value is -0.600. The highest BCUT2D eigenvalue weighted by atomic mass is 35.5. The predicted octanol–water partition coefficient (Wildman–Crippen LogP) is 4.35. The summed E-state index contributed by atoms with van der Waals surface area (Å²) in [7, 11) is 0. The number of rotatable bonds is 2. The lowest BCUT2D eigenvalue weighted by molar-refractivity contribution is -0.0958. The Labute approximate surface area is 113 Å². The summed E-state index contributed by atoms with van der Waals surface area (Å²) in [6.07, 6.45) is 4.59. The van der Waals surface area contributed by atoms with Gasteiger partial charge in [0.15, 0.2) is 0 Å². The fourth-order valence-corrected chi connectivity index (χ4v) is 3.07. The van der Waals surface area contributed by atoms with E-state index in [9.17, 15) is 9.50 Å².